The fraction of sp³-hybridized carbons (Fsp3) is 0.0714. The van der Waals surface area contributed by atoms with Crippen molar-refractivity contribution in [3.63, 3.8) is 0 Å². The molecule has 2 rings (SSSR count). The number of hydrogen-bond acceptors (Lipinski definition) is 3. The first-order valence-electron chi connectivity index (χ1n) is 5.90. The lowest BCUT2D eigenvalue weighted by molar-refractivity contribution is -0.385. The molecule has 0 saturated carbocycles. The van der Waals surface area contributed by atoms with E-state index in [0.717, 1.165) is 0 Å². The Labute approximate surface area is 130 Å². The Morgan fingerprint density at radius 1 is 1.19 bits per heavy atom. The van der Waals surface area contributed by atoms with E-state index in [2.05, 4.69) is 5.32 Å². The Morgan fingerprint density at radius 2 is 1.81 bits per heavy atom. The highest BCUT2D eigenvalue weighted by Crippen LogP contribution is 2.27. The van der Waals surface area contributed by atoms with Gasteiger partial charge in [0.25, 0.3) is 11.6 Å². The molecule has 5 nitrogen and oxygen atoms in total. The summed E-state index contributed by atoms with van der Waals surface area (Å²) in [4.78, 5) is 22.6. The Morgan fingerprint density at radius 3 is 2.38 bits per heavy atom. The molecular weight excluding hydrogens is 315 g/mol. The second-order valence-electron chi connectivity index (χ2n) is 4.31. The van der Waals surface area contributed by atoms with E-state index < -0.39 is 10.8 Å². The second kappa shape index (κ2) is 6.11. The van der Waals surface area contributed by atoms with Crippen LogP contribution in [0, 0.1) is 17.0 Å². The summed E-state index contributed by atoms with van der Waals surface area (Å²) in [5.41, 5.74) is 0.865. The number of nitrogens with one attached hydrogen (secondary N) is 1. The highest BCUT2D eigenvalue weighted by Gasteiger charge is 2.17. The summed E-state index contributed by atoms with van der Waals surface area (Å²) in [6, 6.07) is 9.13. The van der Waals surface area contributed by atoms with Gasteiger partial charge in [0.2, 0.25) is 0 Å². The zero-order valence-electron chi connectivity index (χ0n) is 10.9. The van der Waals surface area contributed by atoms with Gasteiger partial charge < -0.3 is 5.32 Å². The topological polar surface area (TPSA) is 72.2 Å². The first-order chi connectivity index (χ1) is 9.90. The lowest BCUT2D eigenvalue weighted by Crippen LogP contribution is -2.13. The minimum absolute atomic E-state index is 0.0712. The van der Waals surface area contributed by atoms with Crippen LogP contribution in [0.1, 0.15) is 15.9 Å². The minimum Gasteiger partial charge on any atom is -0.322 e. The van der Waals surface area contributed by atoms with Crippen molar-refractivity contribution < 1.29 is 9.72 Å². The third-order valence-corrected chi connectivity index (χ3v) is 3.48. The van der Waals surface area contributed by atoms with E-state index in [1.807, 2.05) is 0 Å². The molecule has 0 heterocycles. The molecule has 0 radical (unpaired) electrons. The van der Waals surface area contributed by atoms with Crippen molar-refractivity contribution in [3.8, 4) is 0 Å². The fourth-order valence-electron chi connectivity index (χ4n) is 1.79. The third kappa shape index (κ3) is 3.32. The monoisotopic (exact) mass is 324 g/mol. The number of rotatable bonds is 3. The van der Waals surface area contributed by atoms with Crippen LogP contribution in [0.2, 0.25) is 10.0 Å². The maximum atomic E-state index is 12.2. The van der Waals surface area contributed by atoms with Crippen molar-refractivity contribution in [2.45, 2.75) is 6.92 Å². The summed E-state index contributed by atoms with van der Waals surface area (Å²) in [6.07, 6.45) is 0. The van der Waals surface area contributed by atoms with Crippen LogP contribution in [0.5, 0.6) is 0 Å². The van der Waals surface area contributed by atoms with E-state index in [-0.39, 0.29) is 21.3 Å². The average Bonchev–Trinajstić information content (AvgIpc) is 2.40. The summed E-state index contributed by atoms with van der Waals surface area (Å²) in [5, 5.41) is 13.9. The van der Waals surface area contributed by atoms with E-state index in [9.17, 15) is 14.9 Å². The van der Waals surface area contributed by atoms with Crippen LogP contribution in [-0.2, 0) is 0 Å². The second-order valence-corrected chi connectivity index (χ2v) is 5.12. The molecule has 2 aromatic rings. The molecular formula is C14H10Cl2N2O3. The van der Waals surface area contributed by atoms with Crippen molar-refractivity contribution >= 4 is 40.5 Å². The third-order valence-electron chi connectivity index (χ3n) is 2.85. The maximum Gasteiger partial charge on any atom is 0.274 e. The van der Waals surface area contributed by atoms with Gasteiger partial charge >= 0.3 is 0 Å². The number of hydrogen-bond donors (Lipinski definition) is 1. The molecule has 108 valence electrons. The van der Waals surface area contributed by atoms with Crippen LogP contribution in [-0.4, -0.2) is 10.8 Å². The first-order valence-corrected chi connectivity index (χ1v) is 6.66. The van der Waals surface area contributed by atoms with Crippen LogP contribution in [0.25, 0.3) is 0 Å². The standard InChI is InChI=1S/C14H10Cl2N2O3/c1-8-5-6-9(7-12(8)18(20)21)17-14(19)13-10(15)3-2-4-11(13)16/h2-7H,1H3,(H,17,19). The van der Waals surface area contributed by atoms with Crippen LogP contribution >= 0.6 is 23.2 Å². The normalized spacial score (nSPS) is 10.2. The molecule has 0 aromatic heterocycles. The number of nitro groups is 1. The van der Waals surface area contributed by atoms with Crippen molar-refractivity contribution in [3.05, 3.63) is 67.7 Å². The van der Waals surface area contributed by atoms with E-state index >= 15 is 0 Å². The molecule has 0 fully saturated rings. The Hall–Kier alpha value is -2.11. The molecule has 0 spiro atoms. The summed E-state index contributed by atoms with van der Waals surface area (Å²) in [7, 11) is 0. The molecule has 21 heavy (non-hydrogen) atoms. The summed E-state index contributed by atoms with van der Waals surface area (Å²) in [5.74, 6) is -0.524. The SMILES string of the molecule is Cc1ccc(NC(=O)c2c(Cl)cccc2Cl)cc1[N+](=O)[O-]. The van der Waals surface area contributed by atoms with E-state index in [1.54, 1.807) is 37.3 Å². The van der Waals surface area contributed by atoms with Gasteiger partial charge in [-0.05, 0) is 25.1 Å². The van der Waals surface area contributed by atoms with Gasteiger partial charge in [-0.15, -0.1) is 0 Å². The molecule has 1 amide bonds. The predicted molar refractivity (Wildman–Crippen MR) is 82.2 cm³/mol. The van der Waals surface area contributed by atoms with Crippen LogP contribution in [0.15, 0.2) is 36.4 Å². The number of aryl methyl sites for hydroxylation is 1. The highest BCUT2D eigenvalue weighted by atomic mass is 35.5. The van der Waals surface area contributed by atoms with Gasteiger partial charge in [0.15, 0.2) is 0 Å². The van der Waals surface area contributed by atoms with E-state index in [4.69, 9.17) is 23.2 Å². The maximum absolute atomic E-state index is 12.2. The number of anilines is 1. The van der Waals surface area contributed by atoms with Crippen molar-refractivity contribution in [1.29, 1.82) is 0 Å². The Kier molecular flexibility index (Phi) is 4.45. The van der Waals surface area contributed by atoms with Gasteiger partial charge in [-0.1, -0.05) is 35.3 Å². The van der Waals surface area contributed by atoms with Crippen molar-refractivity contribution in [2.75, 3.05) is 5.32 Å². The zero-order valence-corrected chi connectivity index (χ0v) is 12.4. The van der Waals surface area contributed by atoms with Crippen molar-refractivity contribution in [2.24, 2.45) is 0 Å². The van der Waals surface area contributed by atoms with Crippen LogP contribution in [0.4, 0.5) is 11.4 Å². The van der Waals surface area contributed by atoms with Crippen molar-refractivity contribution in [1.82, 2.24) is 0 Å². The molecule has 2 aromatic carbocycles. The summed E-state index contributed by atoms with van der Waals surface area (Å²) >= 11 is 11.9. The van der Waals surface area contributed by atoms with Gasteiger partial charge in [-0.3, -0.25) is 14.9 Å². The van der Waals surface area contributed by atoms with Gasteiger partial charge in [-0.2, -0.15) is 0 Å². The summed E-state index contributed by atoms with van der Waals surface area (Å²) < 4.78 is 0. The molecule has 7 heteroatoms. The first kappa shape index (κ1) is 15.3. The van der Waals surface area contributed by atoms with Gasteiger partial charge in [0.1, 0.15) is 0 Å². The van der Waals surface area contributed by atoms with Crippen LogP contribution < -0.4 is 5.32 Å². The fourth-order valence-corrected chi connectivity index (χ4v) is 2.36. The zero-order chi connectivity index (χ0) is 15.6. The molecule has 0 aliphatic carbocycles. The molecule has 0 bridgehead atoms. The number of nitrogens with zero attached hydrogens (tertiary/aromatic N) is 1. The highest BCUT2D eigenvalue weighted by molar-refractivity contribution is 6.40. The molecule has 0 aliphatic heterocycles. The molecule has 1 N–H and O–H groups in total. The predicted octanol–water partition coefficient (Wildman–Crippen LogP) is 4.46. The molecule has 0 atom stereocenters. The van der Waals surface area contributed by atoms with Gasteiger partial charge in [0, 0.05) is 17.3 Å². The van der Waals surface area contributed by atoms with E-state index in [1.165, 1.54) is 6.07 Å². The van der Waals surface area contributed by atoms with Gasteiger partial charge in [-0.25, -0.2) is 0 Å². The molecule has 0 unspecified atom stereocenters. The lowest BCUT2D eigenvalue weighted by Gasteiger charge is -2.09. The average molecular weight is 325 g/mol. The minimum atomic E-state index is -0.524. The number of benzene rings is 2. The quantitative estimate of drug-likeness (QED) is 0.669. The number of carbonyl (C=O) groups is 1. The lowest BCUT2D eigenvalue weighted by atomic mass is 10.1. The van der Waals surface area contributed by atoms with Gasteiger partial charge in [0.05, 0.1) is 20.5 Å². The number of halogens is 2. The van der Waals surface area contributed by atoms with Crippen LogP contribution in [0.3, 0.4) is 0 Å². The molecule has 0 saturated heterocycles. The Balaban J connectivity index is 2.32. The Bertz CT molecular complexity index is 712. The number of carbonyl (C=O) groups excluding carboxylic acids is 1. The number of amides is 1. The number of nitro benzene ring substituents is 1. The largest absolute Gasteiger partial charge is 0.322 e. The van der Waals surface area contributed by atoms with E-state index in [0.29, 0.717) is 11.3 Å². The summed E-state index contributed by atoms with van der Waals surface area (Å²) in [6.45, 7) is 1.62. The smallest absolute Gasteiger partial charge is 0.274 e. The molecule has 0 aliphatic rings.